The number of ether oxygens (including phenoxy) is 1. The molecule has 1 unspecified atom stereocenters. The lowest BCUT2D eigenvalue weighted by molar-refractivity contribution is -0.121. The molecule has 2 aromatic carbocycles. The van der Waals surface area contributed by atoms with Gasteiger partial charge < -0.3 is 10.1 Å². The van der Waals surface area contributed by atoms with Crippen LogP contribution < -0.4 is 10.1 Å². The Bertz CT molecular complexity index is 1070. The minimum absolute atomic E-state index is 0.0371. The fraction of sp³-hybridized carbons (Fsp3) is 0.182. The van der Waals surface area contributed by atoms with Gasteiger partial charge in [-0.05, 0) is 35.4 Å². The van der Waals surface area contributed by atoms with Gasteiger partial charge in [-0.25, -0.2) is 8.42 Å². The first kappa shape index (κ1) is 21.5. The van der Waals surface area contributed by atoms with E-state index >= 15 is 0 Å². The Morgan fingerprint density at radius 2 is 1.70 bits per heavy atom. The number of carbonyl (C=O) groups is 1. The van der Waals surface area contributed by atoms with Crippen molar-refractivity contribution in [3.8, 4) is 5.75 Å². The summed E-state index contributed by atoms with van der Waals surface area (Å²) in [4.78, 5) is 16.6. The normalized spacial score (nSPS) is 12.4. The summed E-state index contributed by atoms with van der Waals surface area (Å²) in [5.74, 6) is 0.286. The maximum absolute atomic E-state index is 12.8. The number of nitrogens with zero attached hydrogens (tertiary/aromatic N) is 2. The van der Waals surface area contributed by atoms with Crippen LogP contribution in [0.2, 0.25) is 0 Å². The predicted molar refractivity (Wildman–Crippen MR) is 113 cm³/mol. The second-order valence-corrected chi connectivity index (χ2v) is 8.68. The zero-order valence-corrected chi connectivity index (χ0v) is 17.5. The summed E-state index contributed by atoms with van der Waals surface area (Å²) >= 11 is 0. The van der Waals surface area contributed by atoms with E-state index in [1.807, 2.05) is 54.6 Å². The van der Waals surface area contributed by atoms with Gasteiger partial charge in [0.15, 0.2) is 0 Å². The summed E-state index contributed by atoms with van der Waals surface area (Å²) < 4.78 is 31.5. The van der Waals surface area contributed by atoms with Crippen molar-refractivity contribution in [2.75, 3.05) is 20.7 Å². The third kappa shape index (κ3) is 5.03. The van der Waals surface area contributed by atoms with Crippen molar-refractivity contribution >= 4 is 15.9 Å². The minimum atomic E-state index is -3.81. The van der Waals surface area contributed by atoms with E-state index in [9.17, 15) is 13.2 Å². The molecule has 1 aromatic heterocycles. The number of sulfonamides is 1. The topological polar surface area (TPSA) is 88.6 Å². The molecule has 1 atom stereocenters. The highest BCUT2D eigenvalue weighted by Gasteiger charge is 2.25. The Labute approximate surface area is 176 Å². The fourth-order valence-corrected chi connectivity index (χ4v) is 4.07. The summed E-state index contributed by atoms with van der Waals surface area (Å²) in [7, 11) is -0.859. The Morgan fingerprint density at radius 3 is 2.30 bits per heavy atom. The molecule has 3 rings (SSSR count). The number of amides is 1. The lowest BCUT2D eigenvalue weighted by Gasteiger charge is -2.22. The molecule has 0 saturated heterocycles. The highest BCUT2D eigenvalue weighted by Crippen LogP contribution is 2.24. The van der Waals surface area contributed by atoms with Crippen molar-refractivity contribution < 1.29 is 17.9 Å². The van der Waals surface area contributed by atoms with Gasteiger partial charge in [-0.2, -0.15) is 4.31 Å². The molecule has 0 aliphatic rings. The Morgan fingerprint density at radius 1 is 1.03 bits per heavy atom. The number of aromatic nitrogens is 1. The molecule has 0 saturated carbocycles. The maximum Gasteiger partial charge on any atom is 0.244 e. The van der Waals surface area contributed by atoms with Gasteiger partial charge in [0.25, 0.3) is 0 Å². The number of hydrogen-bond acceptors (Lipinski definition) is 5. The van der Waals surface area contributed by atoms with Crippen molar-refractivity contribution in [1.82, 2.24) is 14.6 Å². The van der Waals surface area contributed by atoms with Crippen LogP contribution in [0.1, 0.15) is 17.2 Å². The van der Waals surface area contributed by atoms with Crippen molar-refractivity contribution in [2.45, 2.75) is 10.9 Å². The summed E-state index contributed by atoms with van der Waals surface area (Å²) in [6.45, 7) is -0.323. The van der Waals surface area contributed by atoms with Gasteiger partial charge in [-0.3, -0.25) is 9.78 Å². The second-order valence-electron chi connectivity index (χ2n) is 6.63. The molecule has 0 radical (unpaired) electrons. The molecule has 7 nitrogen and oxygen atoms in total. The van der Waals surface area contributed by atoms with Crippen LogP contribution in [0.3, 0.4) is 0 Å². The smallest absolute Gasteiger partial charge is 0.244 e. The van der Waals surface area contributed by atoms with Crippen LogP contribution in [0.5, 0.6) is 5.75 Å². The van der Waals surface area contributed by atoms with E-state index in [0.717, 1.165) is 15.4 Å². The first-order valence-electron chi connectivity index (χ1n) is 9.26. The van der Waals surface area contributed by atoms with Gasteiger partial charge in [0.05, 0.1) is 19.7 Å². The van der Waals surface area contributed by atoms with E-state index in [2.05, 4.69) is 10.3 Å². The quantitative estimate of drug-likeness (QED) is 0.599. The highest BCUT2D eigenvalue weighted by molar-refractivity contribution is 7.89. The summed E-state index contributed by atoms with van der Waals surface area (Å²) in [6, 6.07) is 19.4. The van der Waals surface area contributed by atoms with Crippen LogP contribution in [-0.2, 0) is 14.8 Å². The van der Waals surface area contributed by atoms with Crippen molar-refractivity contribution in [2.24, 2.45) is 0 Å². The third-order valence-corrected chi connectivity index (χ3v) is 6.38. The largest absolute Gasteiger partial charge is 0.497 e. The number of pyridine rings is 1. The average molecular weight is 426 g/mol. The zero-order valence-electron chi connectivity index (χ0n) is 16.7. The summed E-state index contributed by atoms with van der Waals surface area (Å²) in [6.07, 6.45) is 2.75. The SMILES string of the molecule is COc1ccc(C(NC(=O)CN(C)S(=O)(=O)c2cccnc2)c2ccccc2)cc1. The van der Waals surface area contributed by atoms with E-state index in [1.54, 1.807) is 7.11 Å². The number of carbonyl (C=O) groups excluding carboxylic acids is 1. The molecule has 30 heavy (non-hydrogen) atoms. The van der Waals surface area contributed by atoms with Gasteiger partial charge >= 0.3 is 0 Å². The molecule has 156 valence electrons. The number of methoxy groups -OCH3 is 1. The second kappa shape index (κ2) is 9.51. The molecule has 3 aromatic rings. The van der Waals surface area contributed by atoms with E-state index in [4.69, 9.17) is 4.74 Å². The zero-order chi connectivity index (χ0) is 21.6. The lowest BCUT2D eigenvalue weighted by atomic mass is 9.98. The van der Waals surface area contributed by atoms with Crippen molar-refractivity contribution in [1.29, 1.82) is 0 Å². The van der Waals surface area contributed by atoms with Crippen LogP contribution in [0.25, 0.3) is 0 Å². The number of nitrogens with one attached hydrogen (secondary N) is 1. The van der Waals surface area contributed by atoms with Crippen LogP contribution in [0.15, 0.2) is 84.0 Å². The molecular formula is C22H23N3O4S. The van der Waals surface area contributed by atoms with E-state index in [1.165, 1.54) is 31.6 Å². The van der Waals surface area contributed by atoms with Gasteiger partial charge in [-0.1, -0.05) is 42.5 Å². The van der Waals surface area contributed by atoms with Gasteiger partial charge in [-0.15, -0.1) is 0 Å². The molecule has 1 N–H and O–H groups in total. The third-order valence-electron chi connectivity index (χ3n) is 4.60. The molecule has 0 aliphatic carbocycles. The number of rotatable bonds is 8. The van der Waals surface area contributed by atoms with Crippen molar-refractivity contribution in [3.05, 3.63) is 90.3 Å². The minimum Gasteiger partial charge on any atom is -0.497 e. The molecular weight excluding hydrogens is 402 g/mol. The maximum atomic E-state index is 12.8. The van der Waals surface area contributed by atoms with E-state index < -0.39 is 22.0 Å². The van der Waals surface area contributed by atoms with Gasteiger partial charge in [0.1, 0.15) is 10.6 Å². The molecule has 1 heterocycles. The first-order valence-corrected chi connectivity index (χ1v) is 10.7. The Kier molecular flexibility index (Phi) is 6.81. The molecule has 1 amide bonds. The number of hydrogen-bond donors (Lipinski definition) is 1. The average Bonchev–Trinajstić information content (AvgIpc) is 2.78. The monoisotopic (exact) mass is 425 g/mol. The lowest BCUT2D eigenvalue weighted by Crippen LogP contribution is -2.40. The number of likely N-dealkylation sites (N-methyl/N-ethyl adjacent to an activating group) is 1. The van der Waals surface area contributed by atoms with Crippen LogP contribution in [-0.4, -0.2) is 44.3 Å². The molecule has 8 heteroatoms. The molecule has 0 fully saturated rings. The van der Waals surface area contributed by atoms with Gasteiger partial charge in [0.2, 0.25) is 15.9 Å². The standard InChI is InChI=1S/C22H23N3O4S/c1-25(30(27,28)20-9-6-14-23-15-20)16-21(26)24-22(17-7-4-3-5-8-17)18-10-12-19(29-2)13-11-18/h3-15,22H,16H2,1-2H3,(H,24,26). The van der Waals surface area contributed by atoms with Crippen LogP contribution in [0, 0.1) is 0 Å². The van der Waals surface area contributed by atoms with Gasteiger partial charge in [0, 0.05) is 19.4 Å². The van der Waals surface area contributed by atoms with Crippen LogP contribution >= 0.6 is 0 Å². The number of benzene rings is 2. The molecule has 0 aliphatic heterocycles. The first-order chi connectivity index (χ1) is 14.4. The van der Waals surface area contributed by atoms with E-state index in [-0.39, 0.29) is 11.4 Å². The summed E-state index contributed by atoms with van der Waals surface area (Å²) in [5.41, 5.74) is 1.74. The Hall–Kier alpha value is -3.23. The fourth-order valence-electron chi connectivity index (χ4n) is 2.97. The Balaban J connectivity index is 1.79. The van der Waals surface area contributed by atoms with Crippen molar-refractivity contribution in [3.63, 3.8) is 0 Å². The predicted octanol–water partition coefficient (Wildman–Crippen LogP) is 2.62. The van der Waals surface area contributed by atoms with Crippen LogP contribution in [0.4, 0.5) is 0 Å². The molecule has 0 bridgehead atoms. The summed E-state index contributed by atoms with van der Waals surface area (Å²) in [5, 5.41) is 2.94. The highest BCUT2D eigenvalue weighted by atomic mass is 32.2. The molecule has 0 spiro atoms. The van der Waals surface area contributed by atoms with E-state index in [0.29, 0.717) is 5.75 Å².